The average molecular weight is 285 g/mol. The van der Waals surface area contributed by atoms with Gasteiger partial charge in [0.15, 0.2) is 0 Å². The quantitative estimate of drug-likeness (QED) is 0.751. The van der Waals surface area contributed by atoms with Gasteiger partial charge in [0.05, 0.1) is 25.6 Å². The van der Waals surface area contributed by atoms with E-state index in [1.807, 2.05) is 18.2 Å². The zero-order chi connectivity index (χ0) is 13.7. The van der Waals surface area contributed by atoms with E-state index in [2.05, 4.69) is 17.0 Å². The van der Waals surface area contributed by atoms with Crippen molar-refractivity contribution in [2.45, 2.75) is 12.6 Å². The Balaban J connectivity index is 1.84. The smallest absolute Gasteiger partial charge is 0.264 e. The Morgan fingerprint density at radius 1 is 1.37 bits per heavy atom. The van der Waals surface area contributed by atoms with Crippen LogP contribution in [0.5, 0.6) is 0 Å². The molecule has 0 amide bonds. The minimum absolute atomic E-state index is 0.0874. The van der Waals surface area contributed by atoms with Crippen LogP contribution < -0.4 is 0 Å². The molecule has 1 aliphatic rings. The third kappa shape index (κ3) is 5.28. The summed E-state index contributed by atoms with van der Waals surface area (Å²) in [7, 11) is -3.40. The number of nitrogens with zero attached hydrogens (tertiary/aromatic N) is 1. The van der Waals surface area contributed by atoms with Crippen LogP contribution in [0.15, 0.2) is 30.3 Å². The van der Waals surface area contributed by atoms with Crippen LogP contribution in [0.2, 0.25) is 0 Å². The Labute approximate surface area is 114 Å². The fourth-order valence-corrected chi connectivity index (χ4v) is 2.46. The van der Waals surface area contributed by atoms with Crippen molar-refractivity contribution in [2.24, 2.45) is 0 Å². The molecule has 2 rings (SSSR count). The van der Waals surface area contributed by atoms with E-state index in [0.29, 0.717) is 13.2 Å². The summed E-state index contributed by atoms with van der Waals surface area (Å²) in [6.07, 6.45) is 0.865. The van der Waals surface area contributed by atoms with Crippen molar-refractivity contribution in [3.63, 3.8) is 0 Å². The average Bonchev–Trinajstić information content (AvgIpc) is 2.37. The lowest BCUT2D eigenvalue weighted by Gasteiger charge is -2.32. The highest BCUT2D eigenvalue weighted by Crippen LogP contribution is 2.11. The molecule has 0 N–H and O–H groups in total. The molecule has 6 heteroatoms. The molecule has 1 aromatic rings. The first-order valence-corrected chi connectivity index (χ1v) is 8.07. The lowest BCUT2D eigenvalue weighted by atomic mass is 10.2. The summed E-state index contributed by atoms with van der Waals surface area (Å²) in [6, 6.07) is 10.2. The number of morpholine rings is 1. The Bertz CT molecular complexity index is 489. The molecule has 0 aliphatic carbocycles. The molecule has 0 radical (unpaired) electrons. The van der Waals surface area contributed by atoms with Crippen LogP contribution in [0, 0.1) is 0 Å². The second-order valence-electron chi connectivity index (χ2n) is 4.70. The highest BCUT2D eigenvalue weighted by atomic mass is 32.2. The first kappa shape index (κ1) is 14.5. The second-order valence-corrected chi connectivity index (χ2v) is 6.35. The lowest BCUT2D eigenvalue weighted by Crippen LogP contribution is -2.44. The van der Waals surface area contributed by atoms with Crippen molar-refractivity contribution in [2.75, 3.05) is 32.6 Å². The monoisotopic (exact) mass is 285 g/mol. The summed E-state index contributed by atoms with van der Waals surface area (Å²) in [6.45, 7) is 3.07. The number of hydrogen-bond donors (Lipinski definition) is 0. The van der Waals surface area contributed by atoms with Crippen LogP contribution in [0.1, 0.15) is 5.56 Å². The summed E-state index contributed by atoms with van der Waals surface area (Å²) >= 11 is 0. The van der Waals surface area contributed by atoms with Gasteiger partial charge in [-0.2, -0.15) is 8.42 Å². The van der Waals surface area contributed by atoms with E-state index in [1.165, 1.54) is 5.56 Å². The maximum Gasteiger partial charge on any atom is 0.264 e. The van der Waals surface area contributed by atoms with Crippen molar-refractivity contribution < 1.29 is 17.3 Å². The van der Waals surface area contributed by atoms with Gasteiger partial charge in [-0.05, 0) is 5.56 Å². The van der Waals surface area contributed by atoms with Gasteiger partial charge in [-0.3, -0.25) is 9.08 Å². The van der Waals surface area contributed by atoms with Crippen molar-refractivity contribution >= 4 is 10.1 Å². The number of ether oxygens (including phenoxy) is 1. The first-order chi connectivity index (χ1) is 9.03. The Morgan fingerprint density at radius 2 is 2.11 bits per heavy atom. The van der Waals surface area contributed by atoms with Gasteiger partial charge in [0.2, 0.25) is 0 Å². The zero-order valence-corrected chi connectivity index (χ0v) is 11.8. The number of benzene rings is 1. The zero-order valence-electron chi connectivity index (χ0n) is 11.0. The van der Waals surface area contributed by atoms with Crippen LogP contribution in [-0.4, -0.2) is 52.0 Å². The third-order valence-electron chi connectivity index (χ3n) is 2.94. The molecule has 1 saturated heterocycles. The second kappa shape index (κ2) is 6.47. The molecular formula is C13H19NO4S. The lowest BCUT2D eigenvalue weighted by molar-refractivity contribution is -0.0493. The molecule has 1 fully saturated rings. The van der Waals surface area contributed by atoms with E-state index in [-0.39, 0.29) is 12.7 Å². The SMILES string of the molecule is CS(=O)(=O)OCC1CN(Cc2ccccc2)CCO1. The number of rotatable bonds is 5. The van der Waals surface area contributed by atoms with E-state index < -0.39 is 10.1 Å². The fourth-order valence-electron chi connectivity index (χ4n) is 2.07. The molecule has 5 nitrogen and oxygen atoms in total. The van der Waals surface area contributed by atoms with E-state index >= 15 is 0 Å². The highest BCUT2D eigenvalue weighted by Gasteiger charge is 2.22. The summed E-state index contributed by atoms with van der Waals surface area (Å²) in [5.74, 6) is 0. The summed E-state index contributed by atoms with van der Waals surface area (Å²) in [5, 5.41) is 0. The van der Waals surface area contributed by atoms with E-state index in [0.717, 1.165) is 19.3 Å². The molecule has 1 atom stereocenters. The van der Waals surface area contributed by atoms with Crippen LogP contribution in [0.25, 0.3) is 0 Å². The molecule has 1 aliphatic heterocycles. The highest BCUT2D eigenvalue weighted by molar-refractivity contribution is 7.85. The van der Waals surface area contributed by atoms with Crippen LogP contribution >= 0.6 is 0 Å². The summed E-state index contributed by atoms with van der Waals surface area (Å²) in [5.41, 5.74) is 1.24. The molecule has 0 spiro atoms. The molecule has 0 bridgehead atoms. The van der Waals surface area contributed by atoms with Crippen molar-refractivity contribution in [1.82, 2.24) is 4.90 Å². The van der Waals surface area contributed by atoms with Gasteiger partial charge < -0.3 is 4.74 Å². The van der Waals surface area contributed by atoms with E-state index in [9.17, 15) is 8.42 Å². The van der Waals surface area contributed by atoms with Crippen molar-refractivity contribution in [1.29, 1.82) is 0 Å². The fraction of sp³-hybridized carbons (Fsp3) is 0.538. The van der Waals surface area contributed by atoms with Gasteiger partial charge in [0.1, 0.15) is 0 Å². The number of hydrogen-bond acceptors (Lipinski definition) is 5. The molecule has 1 unspecified atom stereocenters. The predicted molar refractivity (Wildman–Crippen MR) is 72.3 cm³/mol. The van der Waals surface area contributed by atoms with E-state index in [1.54, 1.807) is 0 Å². The molecule has 1 aromatic carbocycles. The van der Waals surface area contributed by atoms with Gasteiger partial charge >= 0.3 is 0 Å². The summed E-state index contributed by atoms with van der Waals surface area (Å²) in [4.78, 5) is 2.25. The van der Waals surface area contributed by atoms with Gasteiger partial charge in [-0.15, -0.1) is 0 Å². The van der Waals surface area contributed by atoms with Crippen LogP contribution in [-0.2, 0) is 25.6 Å². The minimum Gasteiger partial charge on any atom is -0.373 e. The van der Waals surface area contributed by atoms with Gasteiger partial charge in [0.25, 0.3) is 10.1 Å². The standard InChI is InChI=1S/C13H19NO4S/c1-19(15,16)18-11-13-10-14(7-8-17-13)9-12-5-3-2-4-6-12/h2-6,13H,7-11H2,1H3. The van der Waals surface area contributed by atoms with Crippen molar-refractivity contribution in [3.8, 4) is 0 Å². The van der Waals surface area contributed by atoms with Crippen LogP contribution in [0.3, 0.4) is 0 Å². The summed E-state index contributed by atoms with van der Waals surface area (Å²) < 4.78 is 32.2. The Hall–Kier alpha value is -0.950. The minimum atomic E-state index is -3.40. The van der Waals surface area contributed by atoms with Gasteiger partial charge in [-0.1, -0.05) is 30.3 Å². The molecule has 19 heavy (non-hydrogen) atoms. The van der Waals surface area contributed by atoms with Gasteiger partial charge in [-0.25, -0.2) is 0 Å². The predicted octanol–water partition coefficient (Wildman–Crippen LogP) is 0.864. The third-order valence-corrected chi connectivity index (χ3v) is 3.50. The van der Waals surface area contributed by atoms with Crippen molar-refractivity contribution in [3.05, 3.63) is 35.9 Å². The molecule has 0 aromatic heterocycles. The Morgan fingerprint density at radius 3 is 2.79 bits per heavy atom. The largest absolute Gasteiger partial charge is 0.373 e. The molecular weight excluding hydrogens is 266 g/mol. The maximum absolute atomic E-state index is 11.0. The first-order valence-electron chi connectivity index (χ1n) is 6.25. The maximum atomic E-state index is 11.0. The normalized spacial score (nSPS) is 21.4. The topological polar surface area (TPSA) is 55.8 Å². The van der Waals surface area contributed by atoms with E-state index in [4.69, 9.17) is 8.92 Å². The van der Waals surface area contributed by atoms with Gasteiger partial charge in [0, 0.05) is 19.6 Å². The molecule has 106 valence electrons. The molecule has 0 saturated carbocycles. The molecule has 1 heterocycles. The van der Waals surface area contributed by atoms with Crippen LogP contribution in [0.4, 0.5) is 0 Å². The Kier molecular flexibility index (Phi) is 4.93.